The average molecular weight is 417 g/mol. The Kier molecular flexibility index (Phi) is 4.78. The fourth-order valence-electron chi connectivity index (χ4n) is 3.55. The zero-order valence-electron chi connectivity index (χ0n) is 14.8. The Morgan fingerprint density at radius 3 is 2.46 bits per heavy atom. The lowest BCUT2D eigenvalue weighted by atomic mass is 9.78. The van der Waals surface area contributed by atoms with Gasteiger partial charge in [-0.25, -0.2) is 4.79 Å². The van der Waals surface area contributed by atoms with Crippen molar-refractivity contribution in [3.63, 3.8) is 0 Å². The third-order valence-electron chi connectivity index (χ3n) is 4.85. The first kappa shape index (κ1) is 18.8. The van der Waals surface area contributed by atoms with E-state index in [1.165, 1.54) is 11.8 Å². The summed E-state index contributed by atoms with van der Waals surface area (Å²) in [5.74, 6) is -2.07. The van der Waals surface area contributed by atoms with Crippen molar-refractivity contribution in [2.24, 2.45) is 0 Å². The van der Waals surface area contributed by atoms with Crippen molar-refractivity contribution in [2.75, 3.05) is 11.6 Å². The Balaban J connectivity index is 1.96. The highest BCUT2D eigenvalue weighted by Gasteiger charge is 2.56. The molecule has 0 fully saturated rings. The molecule has 1 aliphatic heterocycles. The van der Waals surface area contributed by atoms with Gasteiger partial charge in [-0.15, -0.1) is 5.10 Å². The zero-order valence-corrected chi connectivity index (χ0v) is 16.4. The number of hydrogen-bond acceptors (Lipinski definition) is 6. The van der Waals surface area contributed by atoms with Gasteiger partial charge in [-0.3, -0.25) is 0 Å². The summed E-state index contributed by atoms with van der Waals surface area (Å²) in [4.78, 5) is 16.7. The summed E-state index contributed by atoms with van der Waals surface area (Å²) in [5.41, 5.74) is -0.891. The number of nitrogens with zero attached hydrogens (tertiary/aromatic N) is 3. The van der Waals surface area contributed by atoms with Gasteiger partial charge in [-0.1, -0.05) is 65.8 Å². The normalized spacial score (nSPS) is 23.7. The lowest BCUT2D eigenvalue weighted by molar-refractivity contribution is -0.179. The second kappa shape index (κ2) is 7.12. The summed E-state index contributed by atoms with van der Waals surface area (Å²) < 4.78 is 1.06. The van der Waals surface area contributed by atoms with Gasteiger partial charge < -0.3 is 15.5 Å². The Bertz CT molecular complexity index is 1010. The maximum Gasteiger partial charge on any atom is 0.360 e. The summed E-state index contributed by atoms with van der Waals surface area (Å²) in [5, 5.41) is 30.0. The molecule has 2 aromatic carbocycles. The van der Waals surface area contributed by atoms with Gasteiger partial charge in [0.2, 0.25) is 11.1 Å². The number of aliphatic carboxylic acids is 1. The van der Waals surface area contributed by atoms with Crippen molar-refractivity contribution >= 4 is 35.3 Å². The Morgan fingerprint density at radius 1 is 1.18 bits per heavy atom. The molecular formula is C19H17ClN4O3S. The van der Waals surface area contributed by atoms with Gasteiger partial charge in [0.05, 0.1) is 12.0 Å². The molecule has 9 heteroatoms. The summed E-state index contributed by atoms with van der Waals surface area (Å²) >= 11 is 7.29. The summed E-state index contributed by atoms with van der Waals surface area (Å²) in [6.45, 7) is 0. The smallest absolute Gasteiger partial charge is 0.360 e. The van der Waals surface area contributed by atoms with E-state index < -0.39 is 23.7 Å². The average Bonchev–Trinajstić information content (AvgIpc) is 3.13. The number of thioether (sulfide) groups is 1. The maximum absolute atomic E-state index is 12.4. The number of rotatable bonds is 4. The molecule has 0 saturated carbocycles. The minimum absolute atomic E-state index is 0.196. The van der Waals surface area contributed by atoms with Gasteiger partial charge in [0.25, 0.3) is 5.72 Å². The molecular weight excluding hydrogens is 400 g/mol. The Labute approximate surface area is 170 Å². The molecule has 28 heavy (non-hydrogen) atoms. The standard InChI is InChI=1S/C19H17ClN4O3S/c1-28-18-22-17-21-15(12-7-9-13(20)10-8-12)14(11-5-3-2-4-6-11)19(27,16(25)26)24(17)23-18/h2-10,14-15,27H,1H3,(H,25,26)(H,21,22,23). The van der Waals surface area contributed by atoms with Crippen molar-refractivity contribution in [1.82, 2.24) is 14.8 Å². The summed E-state index contributed by atoms with van der Waals surface area (Å²) in [7, 11) is 0. The minimum atomic E-state index is -2.33. The molecule has 144 valence electrons. The largest absolute Gasteiger partial charge is 0.478 e. The molecule has 0 radical (unpaired) electrons. The second-order valence-corrected chi connectivity index (χ2v) is 7.64. The lowest BCUT2D eigenvalue weighted by Gasteiger charge is -2.42. The zero-order chi connectivity index (χ0) is 19.9. The highest BCUT2D eigenvalue weighted by atomic mass is 35.5. The van der Waals surface area contributed by atoms with Gasteiger partial charge in [0.1, 0.15) is 0 Å². The molecule has 0 saturated heterocycles. The first-order chi connectivity index (χ1) is 13.4. The van der Waals surface area contributed by atoms with Gasteiger partial charge >= 0.3 is 5.97 Å². The monoisotopic (exact) mass is 416 g/mol. The molecule has 4 rings (SSSR count). The quantitative estimate of drug-likeness (QED) is 0.561. The number of benzene rings is 2. The molecule has 0 amide bonds. The van der Waals surface area contributed by atoms with Crippen molar-refractivity contribution in [3.8, 4) is 0 Å². The van der Waals surface area contributed by atoms with Gasteiger partial charge in [-0.2, -0.15) is 9.67 Å². The molecule has 2 heterocycles. The van der Waals surface area contributed by atoms with Crippen LogP contribution in [0, 0.1) is 0 Å². The number of anilines is 1. The summed E-state index contributed by atoms with van der Waals surface area (Å²) in [6, 6.07) is 15.5. The number of hydrogen-bond donors (Lipinski definition) is 3. The van der Waals surface area contributed by atoms with Crippen molar-refractivity contribution in [3.05, 3.63) is 70.7 Å². The number of carboxylic acids is 1. The van der Waals surface area contributed by atoms with Crippen LogP contribution >= 0.6 is 23.4 Å². The summed E-state index contributed by atoms with van der Waals surface area (Å²) in [6.07, 6.45) is 1.78. The van der Waals surface area contributed by atoms with Gasteiger partial charge in [0.15, 0.2) is 0 Å². The van der Waals surface area contributed by atoms with E-state index >= 15 is 0 Å². The molecule has 7 nitrogen and oxygen atoms in total. The van der Waals surface area contributed by atoms with Crippen LogP contribution in [-0.2, 0) is 10.5 Å². The van der Waals surface area contributed by atoms with E-state index in [0.29, 0.717) is 15.7 Å². The fourth-order valence-corrected chi connectivity index (χ4v) is 4.02. The van der Waals surface area contributed by atoms with Crippen LogP contribution in [-0.4, -0.2) is 37.2 Å². The predicted octanol–water partition coefficient (Wildman–Crippen LogP) is 3.33. The topological polar surface area (TPSA) is 100 Å². The van der Waals surface area contributed by atoms with E-state index in [1.54, 1.807) is 54.8 Å². The first-order valence-electron chi connectivity index (χ1n) is 8.49. The van der Waals surface area contributed by atoms with E-state index in [2.05, 4.69) is 15.4 Å². The molecule has 3 unspecified atom stereocenters. The molecule has 1 aromatic heterocycles. The predicted molar refractivity (Wildman–Crippen MR) is 107 cm³/mol. The third kappa shape index (κ3) is 2.94. The second-order valence-electron chi connectivity index (χ2n) is 6.43. The van der Waals surface area contributed by atoms with Crippen LogP contribution in [0.3, 0.4) is 0 Å². The highest BCUT2D eigenvalue weighted by Crippen LogP contribution is 2.48. The molecule has 1 aliphatic rings. The van der Waals surface area contributed by atoms with Crippen LogP contribution in [0.2, 0.25) is 5.02 Å². The van der Waals surface area contributed by atoms with E-state index in [-0.39, 0.29) is 5.95 Å². The number of halogens is 1. The van der Waals surface area contributed by atoms with E-state index in [0.717, 1.165) is 10.2 Å². The Hall–Kier alpha value is -2.55. The van der Waals surface area contributed by atoms with Crippen LogP contribution < -0.4 is 5.32 Å². The fraction of sp³-hybridized carbons (Fsp3) is 0.211. The number of aliphatic hydroxyl groups is 1. The molecule has 3 N–H and O–H groups in total. The molecule has 0 bridgehead atoms. The van der Waals surface area contributed by atoms with Crippen LogP contribution in [0.25, 0.3) is 0 Å². The van der Waals surface area contributed by atoms with E-state index in [1.807, 2.05) is 6.07 Å². The van der Waals surface area contributed by atoms with Crippen molar-refractivity contribution < 1.29 is 15.0 Å². The van der Waals surface area contributed by atoms with E-state index in [4.69, 9.17) is 11.6 Å². The van der Waals surface area contributed by atoms with Gasteiger partial charge in [0, 0.05) is 5.02 Å². The van der Waals surface area contributed by atoms with Crippen LogP contribution in [0.4, 0.5) is 5.95 Å². The number of nitrogens with one attached hydrogen (secondary N) is 1. The van der Waals surface area contributed by atoms with Crippen LogP contribution in [0.1, 0.15) is 23.1 Å². The van der Waals surface area contributed by atoms with Crippen LogP contribution in [0.15, 0.2) is 59.8 Å². The van der Waals surface area contributed by atoms with E-state index in [9.17, 15) is 15.0 Å². The minimum Gasteiger partial charge on any atom is -0.478 e. The highest BCUT2D eigenvalue weighted by molar-refractivity contribution is 7.98. The number of carbonyl (C=O) groups is 1. The molecule has 3 aromatic rings. The third-order valence-corrected chi connectivity index (χ3v) is 5.64. The molecule has 0 aliphatic carbocycles. The maximum atomic E-state index is 12.4. The Morgan fingerprint density at radius 2 is 1.86 bits per heavy atom. The van der Waals surface area contributed by atoms with Crippen molar-refractivity contribution in [1.29, 1.82) is 0 Å². The van der Waals surface area contributed by atoms with Crippen molar-refractivity contribution in [2.45, 2.75) is 22.8 Å². The van der Waals surface area contributed by atoms with Gasteiger partial charge in [-0.05, 0) is 29.5 Å². The lowest BCUT2D eigenvalue weighted by Crippen LogP contribution is -2.54. The molecule has 3 atom stereocenters. The first-order valence-corrected chi connectivity index (χ1v) is 10.1. The van der Waals surface area contributed by atoms with Crippen LogP contribution in [0.5, 0.6) is 0 Å². The SMILES string of the molecule is CSc1nc2n(n1)C(O)(C(=O)O)C(c1ccccc1)C(c1ccc(Cl)cc1)N2. The number of aromatic nitrogens is 3. The number of carboxylic acid groups (broad SMARTS) is 1. The molecule has 0 spiro atoms. The number of fused-ring (bicyclic) bond motifs is 1.